The van der Waals surface area contributed by atoms with Crippen LogP contribution in [0.25, 0.3) is 0 Å². The Hall–Kier alpha value is -3.31. The van der Waals surface area contributed by atoms with Crippen molar-refractivity contribution < 1.29 is 14.3 Å². The van der Waals surface area contributed by atoms with Crippen LogP contribution in [0.1, 0.15) is 31.4 Å². The van der Waals surface area contributed by atoms with E-state index in [2.05, 4.69) is 5.32 Å². The molecule has 0 bridgehead atoms. The lowest BCUT2D eigenvalue weighted by atomic mass is 10.0. The lowest BCUT2D eigenvalue weighted by molar-refractivity contribution is -0.143. The molecule has 0 aliphatic heterocycles. The minimum Gasteiger partial charge on any atom is -0.484 e. The number of para-hydroxylation sites is 1. The normalized spacial score (nSPS) is 12.4. The van der Waals surface area contributed by atoms with Crippen molar-refractivity contribution in [1.82, 2.24) is 10.2 Å². The number of carbonyl (C=O) groups excluding carboxylic acids is 2. The highest BCUT2D eigenvalue weighted by molar-refractivity contribution is 6.30. The smallest absolute Gasteiger partial charge is 0.261 e. The van der Waals surface area contributed by atoms with E-state index in [1.807, 2.05) is 74.5 Å². The van der Waals surface area contributed by atoms with E-state index in [0.29, 0.717) is 17.2 Å². The molecule has 178 valence electrons. The van der Waals surface area contributed by atoms with Gasteiger partial charge in [-0.3, -0.25) is 9.59 Å². The van der Waals surface area contributed by atoms with Crippen LogP contribution in [0.4, 0.5) is 0 Å². The molecule has 3 aromatic carbocycles. The Morgan fingerprint density at radius 3 is 2.15 bits per heavy atom. The standard InChI is InChI=1S/C28H31ClN2O3/c1-3-21(2)30-28(33)26(18-22-10-6-4-7-11-22)31(19-23-14-16-24(29)17-15-23)27(32)20-34-25-12-8-5-9-13-25/h4-17,21,26H,3,18-20H2,1-2H3,(H,30,33). The molecule has 1 N–H and O–H groups in total. The first-order valence-electron chi connectivity index (χ1n) is 11.5. The Morgan fingerprint density at radius 2 is 1.53 bits per heavy atom. The first-order valence-corrected chi connectivity index (χ1v) is 11.9. The molecular formula is C28H31ClN2O3. The summed E-state index contributed by atoms with van der Waals surface area (Å²) in [6.45, 7) is 4.07. The molecule has 5 nitrogen and oxygen atoms in total. The van der Waals surface area contributed by atoms with Gasteiger partial charge >= 0.3 is 0 Å². The maximum Gasteiger partial charge on any atom is 0.261 e. The summed E-state index contributed by atoms with van der Waals surface area (Å²) in [5.74, 6) is 0.158. The van der Waals surface area contributed by atoms with E-state index >= 15 is 0 Å². The molecule has 0 aromatic heterocycles. The zero-order valence-electron chi connectivity index (χ0n) is 19.6. The zero-order valence-corrected chi connectivity index (χ0v) is 20.4. The first-order chi connectivity index (χ1) is 16.5. The van der Waals surface area contributed by atoms with Gasteiger partial charge in [0.1, 0.15) is 11.8 Å². The molecule has 0 saturated heterocycles. The molecule has 2 amide bonds. The Bertz CT molecular complexity index is 1040. The maximum absolute atomic E-state index is 13.5. The fourth-order valence-corrected chi connectivity index (χ4v) is 3.65. The molecule has 34 heavy (non-hydrogen) atoms. The zero-order chi connectivity index (χ0) is 24.3. The quantitative estimate of drug-likeness (QED) is 0.408. The van der Waals surface area contributed by atoms with Crippen LogP contribution in [-0.4, -0.2) is 35.4 Å². The van der Waals surface area contributed by atoms with E-state index in [1.54, 1.807) is 29.2 Å². The molecule has 0 radical (unpaired) electrons. The summed E-state index contributed by atoms with van der Waals surface area (Å²) in [5, 5.41) is 3.67. The molecule has 0 saturated carbocycles. The second-order valence-electron chi connectivity index (χ2n) is 8.27. The van der Waals surface area contributed by atoms with Gasteiger partial charge < -0.3 is 15.0 Å². The van der Waals surface area contributed by atoms with E-state index in [9.17, 15) is 9.59 Å². The number of amides is 2. The Kier molecular flexibility index (Phi) is 9.53. The molecule has 3 rings (SSSR count). The van der Waals surface area contributed by atoms with Crippen molar-refractivity contribution in [3.63, 3.8) is 0 Å². The largest absolute Gasteiger partial charge is 0.484 e. The number of hydrogen-bond acceptors (Lipinski definition) is 3. The average molecular weight is 479 g/mol. The number of nitrogens with zero attached hydrogens (tertiary/aromatic N) is 1. The van der Waals surface area contributed by atoms with Gasteiger partial charge in [-0.1, -0.05) is 79.2 Å². The third-order valence-electron chi connectivity index (χ3n) is 5.64. The molecule has 0 heterocycles. The number of rotatable bonds is 11. The van der Waals surface area contributed by atoms with Crippen molar-refractivity contribution in [2.45, 2.75) is 45.3 Å². The highest BCUT2D eigenvalue weighted by Gasteiger charge is 2.31. The van der Waals surface area contributed by atoms with Crippen LogP contribution in [0.5, 0.6) is 5.75 Å². The summed E-state index contributed by atoms with van der Waals surface area (Å²) < 4.78 is 5.74. The van der Waals surface area contributed by atoms with Crippen molar-refractivity contribution in [2.24, 2.45) is 0 Å². The Labute approximate surface area is 206 Å². The number of ether oxygens (including phenoxy) is 1. The third-order valence-corrected chi connectivity index (χ3v) is 5.90. The molecule has 0 aliphatic carbocycles. The van der Waals surface area contributed by atoms with Gasteiger partial charge in [0.15, 0.2) is 6.61 Å². The van der Waals surface area contributed by atoms with Gasteiger partial charge in [-0.25, -0.2) is 0 Å². The summed E-state index contributed by atoms with van der Waals surface area (Å²) in [6, 6.07) is 25.5. The van der Waals surface area contributed by atoms with Crippen LogP contribution in [0.2, 0.25) is 5.02 Å². The number of benzene rings is 3. The van der Waals surface area contributed by atoms with Gasteiger partial charge in [-0.15, -0.1) is 0 Å². The summed E-state index contributed by atoms with van der Waals surface area (Å²) >= 11 is 6.06. The van der Waals surface area contributed by atoms with Gasteiger partial charge in [-0.05, 0) is 48.7 Å². The molecule has 2 unspecified atom stereocenters. The van der Waals surface area contributed by atoms with Crippen LogP contribution in [0, 0.1) is 0 Å². The van der Waals surface area contributed by atoms with Gasteiger partial charge in [0, 0.05) is 24.0 Å². The predicted molar refractivity (Wildman–Crippen MR) is 136 cm³/mol. The van der Waals surface area contributed by atoms with E-state index in [-0.39, 0.29) is 31.0 Å². The van der Waals surface area contributed by atoms with E-state index in [1.165, 1.54) is 0 Å². The van der Waals surface area contributed by atoms with Crippen molar-refractivity contribution in [3.05, 3.63) is 101 Å². The number of halogens is 1. The first kappa shape index (κ1) is 25.3. The second-order valence-corrected chi connectivity index (χ2v) is 8.71. The minimum atomic E-state index is -0.695. The van der Waals surface area contributed by atoms with Crippen molar-refractivity contribution in [1.29, 1.82) is 0 Å². The predicted octanol–water partition coefficient (Wildman–Crippen LogP) is 5.27. The Morgan fingerprint density at radius 1 is 0.912 bits per heavy atom. The van der Waals surface area contributed by atoms with Gasteiger partial charge in [-0.2, -0.15) is 0 Å². The molecular weight excluding hydrogens is 448 g/mol. The van der Waals surface area contributed by atoms with Crippen molar-refractivity contribution >= 4 is 23.4 Å². The van der Waals surface area contributed by atoms with E-state index in [4.69, 9.17) is 16.3 Å². The van der Waals surface area contributed by atoms with Crippen molar-refractivity contribution in [2.75, 3.05) is 6.61 Å². The van der Waals surface area contributed by atoms with E-state index in [0.717, 1.165) is 17.5 Å². The fraction of sp³-hybridized carbons (Fsp3) is 0.286. The highest BCUT2D eigenvalue weighted by atomic mass is 35.5. The average Bonchev–Trinajstić information content (AvgIpc) is 2.87. The molecule has 2 atom stereocenters. The Balaban J connectivity index is 1.90. The van der Waals surface area contributed by atoms with Gasteiger partial charge in [0.25, 0.3) is 5.91 Å². The summed E-state index contributed by atoms with van der Waals surface area (Å²) in [7, 11) is 0. The minimum absolute atomic E-state index is 0.00109. The number of nitrogens with one attached hydrogen (secondary N) is 1. The highest BCUT2D eigenvalue weighted by Crippen LogP contribution is 2.18. The number of hydrogen-bond donors (Lipinski definition) is 1. The second kappa shape index (κ2) is 12.8. The molecule has 6 heteroatoms. The van der Waals surface area contributed by atoms with Crippen LogP contribution in [0.3, 0.4) is 0 Å². The van der Waals surface area contributed by atoms with Crippen LogP contribution in [-0.2, 0) is 22.6 Å². The van der Waals surface area contributed by atoms with E-state index < -0.39 is 6.04 Å². The fourth-order valence-electron chi connectivity index (χ4n) is 3.53. The monoisotopic (exact) mass is 478 g/mol. The molecule has 3 aromatic rings. The molecule has 0 aliphatic rings. The van der Waals surface area contributed by atoms with Crippen LogP contribution in [0.15, 0.2) is 84.9 Å². The topological polar surface area (TPSA) is 58.6 Å². The van der Waals surface area contributed by atoms with Crippen LogP contribution >= 0.6 is 11.6 Å². The van der Waals surface area contributed by atoms with Crippen molar-refractivity contribution in [3.8, 4) is 5.75 Å². The summed E-state index contributed by atoms with van der Waals surface area (Å²) in [5.41, 5.74) is 1.86. The third kappa shape index (κ3) is 7.63. The number of carbonyl (C=O) groups is 2. The lowest BCUT2D eigenvalue weighted by Gasteiger charge is -2.32. The summed E-state index contributed by atoms with van der Waals surface area (Å²) in [6.07, 6.45) is 1.19. The lowest BCUT2D eigenvalue weighted by Crippen LogP contribution is -2.53. The molecule has 0 spiro atoms. The van der Waals surface area contributed by atoms with Gasteiger partial charge in [0.05, 0.1) is 0 Å². The SMILES string of the molecule is CCC(C)NC(=O)C(Cc1ccccc1)N(Cc1ccc(Cl)cc1)C(=O)COc1ccccc1. The summed E-state index contributed by atoms with van der Waals surface area (Å²) in [4.78, 5) is 28.5. The maximum atomic E-state index is 13.5. The molecule has 0 fully saturated rings. The van der Waals surface area contributed by atoms with Gasteiger partial charge in [0.2, 0.25) is 5.91 Å². The van der Waals surface area contributed by atoms with Crippen LogP contribution < -0.4 is 10.1 Å².